The third kappa shape index (κ3) is 2.65. The molecule has 0 aromatic carbocycles. The first-order chi connectivity index (χ1) is 8.22. The van der Waals surface area contributed by atoms with Crippen molar-refractivity contribution in [3.05, 3.63) is 46.8 Å². The Morgan fingerprint density at radius 3 is 2.82 bits per heavy atom. The fraction of sp³-hybridized carbons (Fsp3) is 0.333. The lowest BCUT2D eigenvalue weighted by Crippen LogP contribution is -2.04. The Balaban J connectivity index is 2.09. The lowest BCUT2D eigenvalue weighted by atomic mass is 10.1. The highest BCUT2D eigenvalue weighted by atomic mass is 35.5. The highest BCUT2D eigenvalue weighted by Crippen LogP contribution is 2.18. The predicted molar refractivity (Wildman–Crippen MR) is 67.8 cm³/mol. The van der Waals surface area contributed by atoms with Crippen LogP contribution in [0, 0.1) is 0 Å². The maximum atomic E-state index is 6.19. The molecule has 0 atom stereocenters. The number of aryl methyl sites for hydroxylation is 2. The van der Waals surface area contributed by atoms with Crippen LogP contribution in [0.1, 0.15) is 17.1 Å². The van der Waals surface area contributed by atoms with E-state index in [1.54, 1.807) is 6.20 Å². The highest BCUT2D eigenvalue weighted by molar-refractivity contribution is 6.30. The minimum absolute atomic E-state index is 0.406. The van der Waals surface area contributed by atoms with E-state index in [0.29, 0.717) is 11.7 Å². The lowest BCUT2D eigenvalue weighted by Gasteiger charge is -1.99. The molecule has 0 aliphatic heterocycles. The second-order valence-corrected chi connectivity index (χ2v) is 4.25. The van der Waals surface area contributed by atoms with Crippen LogP contribution in [0.5, 0.6) is 0 Å². The molecule has 2 heterocycles. The van der Waals surface area contributed by atoms with Crippen molar-refractivity contribution in [2.24, 2.45) is 12.8 Å². The van der Waals surface area contributed by atoms with Gasteiger partial charge in [-0.2, -0.15) is 0 Å². The topological polar surface area (TPSA) is 56.7 Å². The summed E-state index contributed by atoms with van der Waals surface area (Å²) in [5, 5.41) is 0.675. The maximum absolute atomic E-state index is 6.19. The Kier molecular flexibility index (Phi) is 3.76. The summed E-state index contributed by atoms with van der Waals surface area (Å²) in [6, 6.07) is 3.98. The van der Waals surface area contributed by atoms with Crippen molar-refractivity contribution in [1.29, 1.82) is 0 Å². The molecule has 2 aromatic rings. The zero-order valence-corrected chi connectivity index (χ0v) is 10.5. The second kappa shape index (κ2) is 5.29. The first-order valence-corrected chi connectivity index (χ1v) is 5.89. The van der Waals surface area contributed by atoms with Crippen molar-refractivity contribution >= 4 is 11.6 Å². The van der Waals surface area contributed by atoms with Gasteiger partial charge in [-0.3, -0.25) is 4.98 Å². The van der Waals surface area contributed by atoms with E-state index in [1.807, 2.05) is 29.9 Å². The number of nitrogens with zero attached hydrogens (tertiary/aromatic N) is 3. The molecule has 17 heavy (non-hydrogen) atoms. The normalized spacial score (nSPS) is 10.8. The molecule has 0 saturated carbocycles. The summed E-state index contributed by atoms with van der Waals surface area (Å²) in [6.07, 6.45) is 5.32. The van der Waals surface area contributed by atoms with Gasteiger partial charge in [0.15, 0.2) is 0 Å². The number of rotatable bonds is 4. The standard InChI is InChI=1S/C12H15ClN4/c1-17-11(7-14)16-10(12(17)13)5-4-9-3-2-6-15-8-9/h2-3,6,8H,4-5,7,14H2,1H3. The van der Waals surface area contributed by atoms with Gasteiger partial charge >= 0.3 is 0 Å². The van der Waals surface area contributed by atoms with Crippen LogP contribution in [-0.2, 0) is 26.4 Å². The van der Waals surface area contributed by atoms with E-state index in [-0.39, 0.29) is 0 Å². The molecule has 0 saturated heterocycles. The first-order valence-electron chi connectivity index (χ1n) is 5.51. The summed E-state index contributed by atoms with van der Waals surface area (Å²) >= 11 is 6.19. The molecule has 2 rings (SSSR count). The van der Waals surface area contributed by atoms with Crippen molar-refractivity contribution in [2.45, 2.75) is 19.4 Å². The fourth-order valence-electron chi connectivity index (χ4n) is 1.73. The van der Waals surface area contributed by atoms with E-state index in [9.17, 15) is 0 Å². The molecule has 0 amide bonds. The molecule has 2 N–H and O–H groups in total. The van der Waals surface area contributed by atoms with Crippen molar-refractivity contribution in [1.82, 2.24) is 14.5 Å². The van der Waals surface area contributed by atoms with Gasteiger partial charge in [-0.25, -0.2) is 4.98 Å². The quantitative estimate of drug-likeness (QED) is 0.899. The Morgan fingerprint density at radius 2 is 2.24 bits per heavy atom. The average molecular weight is 251 g/mol. The van der Waals surface area contributed by atoms with Crippen LogP contribution in [0.2, 0.25) is 5.15 Å². The molecular formula is C12H15ClN4. The van der Waals surface area contributed by atoms with E-state index in [2.05, 4.69) is 9.97 Å². The smallest absolute Gasteiger partial charge is 0.131 e. The van der Waals surface area contributed by atoms with Crippen LogP contribution < -0.4 is 5.73 Å². The van der Waals surface area contributed by atoms with E-state index >= 15 is 0 Å². The molecular weight excluding hydrogens is 236 g/mol. The molecule has 0 bridgehead atoms. The third-order valence-corrected chi connectivity index (χ3v) is 3.21. The van der Waals surface area contributed by atoms with Crippen LogP contribution in [-0.4, -0.2) is 14.5 Å². The van der Waals surface area contributed by atoms with Crippen molar-refractivity contribution < 1.29 is 0 Å². The number of hydrogen-bond acceptors (Lipinski definition) is 3. The first kappa shape index (κ1) is 12.1. The van der Waals surface area contributed by atoms with Gasteiger partial charge in [0.1, 0.15) is 11.0 Å². The van der Waals surface area contributed by atoms with Crippen LogP contribution in [0.25, 0.3) is 0 Å². The van der Waals surface area contributed by atoms with Gasteiger partial charge < -0.3 is 10.3 Å². The SMILES string of the molecule is Cn1c(CN)nc(CCc2cccnc2)c1Cl. The number of halogens is 1. The van der Waals surface area contributed by atoms with Gasteiger partial charge in [0.25, 0.3) is 0 Å². The maximum Gasteiger partial charge on any atom is 0.131 e. The van der Waals surface area contributed by atoms with Crippen molar-refractivity contribution in [3.63, 3.8) is 0 Å². The monoisotopic (exact) mass is 250 g/mol. The molecule has 0 aliphatic carbocycles. The third-order valence-electron chi connectivity index (χ3n) is 2.74. The Bertz CT molecular complexity index is 493. The number of aromatic nitrogens is 3. The molecule has 0 unspecified atom stereocenters. The molecule has 5 heteroatoms. The number of imidazole rings is 1. The van der Waals surface area contributed by atoms with Gasteiger partial charge in [-0.1, -0.05) is 17.7 Å². The number of pyridine rings is 1. The van der Waals surface area contributed by atoms with Gasteiger partial charge in [-0.05, 0) is 24.5 Å². The minimum atomic E-state index is 0.406. The van der Waals surface area contributed by atoms with Crippen molar-refractivity contribution in [2.75, 3.05) is 0 Å². The number of hydrogen-bond donors (Lipinski definition) is 1. The van der Waals surface area contributed by atoms with Crippen LogP contribution >= 0.6 is 11.6 Å². The molecule has 90 valence electrons. The second-order valence-electron chi connectivity index (χ2n) is 3.89. The predicted octanol–water partition coefficient (Wildman–Crippen LogP) is 1.71. The molecule has 0 fully saturated rings. The molecule has 0 spiro atoms. The van der Waals surface area contributed by atoms with E-state index < -0.39 is 0 Å². The zero-order valence-electron chi connectivity index (χ0n) is 9.73. The van der Waals surface area contributed by atoms with Gasteiger partial charge in [0.2, 0.25) is 0 Å². The summed E-state index contributed by atoms with van der Waals surface area (Å²) in [6.45, 7) is 0.406. The van der Waals surface area contributed by atoms with E-state index in [0.717, 1.165) is 24.4 Å². The Morgan fingerprint density at radius 1 is 1.41 bits per heavy atom. The van der Waals surface area contributed by atoms with E-state index in [1.165, 1.54) is 5.56 Å². The average Bonchev–Trinajstić information content (AvgIpc) is 2.65. The molecule has 0 radical (unpaired) electrons. The minimum Gasteiger partial charge on any atom is -0.324 e. The fourth-order valence-corrected chi connectivity index (χ4v) is 1.97. The zero-order chi connectivity index (χ0) is 12.3. The highest BCUT2D eigenvalue weighted by Gasteiger charge is 2.11. The van der Waals surface area contributed by atoms with Crippen molar-refractivity contribution in [3.8, 4) is 0 Å². The summed E-state index contributed by atoms with van der Waals surface area (Å²) in [4.78, 5) is 8.51. The number of nitrogens with two attached hydrogens (primary N) is 1. The lowest BCUT2D eigenvalue weighted by molar-refractivity contribution is 0.793. The Hall–Kier alpha value is -1.39. The van der Waals surface area contributed by atoms with Gasteiger partial charge in [0, 0.05) is 19.4 Å². The molecule has 0 aliphatic rings. The summed E-state index contributed by atoms with van der Waals surface area (Å²) < 4.78 is 1.83. The summed E-state index contributed by atoms with van der Waals surface area (Å²) in [7, 11) is 1.88. The largest absolute Gasteiger partial charge is 0.324 e. The molecule has 4 nitrogen and oxygen atoms in total. The van der Waals surface area contributed by atoms with Gasteiger partial charge in [0.05, 0.1) is 12.2 Å². The Labute approximate surface area is 105 Å². The van der Waals surface area contributed by atoms with Crippen LogP contribution in [0.15, 0.2) is 24.5 Å². The summed E-state index contributed by atoms with van der Waals surface area (Å²) in [5.41, 5.74) is 7.67. The van der Waals surface area contributed by atoms with Crippen LogP contribution in [0.3, 0.4) is 0 Å². The van der Waals surface area contributed by atoms with Crippen LogP contribution in [0.4, 0.5) is 0 Å². The van der Waals surface area contributed by atoms with E-state index in [4.69, 9.17) is 17.3 Å². The summed E-state index contributed by atoms with van der Waals surface area (Å²) in [5.74, 6) is 0.816. The molecule has 2 aromatic heterocycles. The van der Waals surface area contributed by atoms with Gasteiger partial charge in [-0.15, -0.1) is 0 Å².